The van der Waals surface area contributed by atoms with Crippen molar-refractivity contribution in [3.8, 4) is 0 Å². The zero-order valence-electron chi connectivity index (χ0n) is 15.1. The average Bonchev–Trinajstić information content (AvgIpc) is 3.04. The van der Waals surface area contributed by atoms with Crippen LogP contribution in [0.3, 0.4) is 0 Å². The van der Waals surface area contributed by atoms with Crippen molar-refractivity contribution in [3.63, 3.8) is 0 Å². The fourth-order valence-electron chi connectivity index (χ4n) is 2.50. The molecule has 0 unspecified atom stereocenters. The predicted octanol–water partition coefficient (Wildman–Crippen LogP) is 0.518. The van der Waals surface area contributed by atoms with Gasteiger partial charge in [0, 0.05) is 0 Å². The van der Waals surface area contributed by atoms with Crippen molar-refractivity contribution in [2.45, 2.75) is 79.1 Å². The SMILES string of the molecule is CCCCC1=CC[C-]=C1C.CCCCC1=CC[C-]=C1C.[Cl-].[Cl-].[Ti+4]. The smallest absolute Gasteiger partial charge is 1.00 e. The average molecular weight is 389 g/mol. The molecule has 0 aromatic heterocycles. The van der Waals surface area contributed by atoms with Crippen LogP contribution in [-0.2, 0) is 21.7 Å². The van der Waals surface area contributed by atoms with Crippen molar-refractivity contribution >= 4 is 0 Å². The number of hydrogen-bond acceptors (Lipinski definition) is 0. The van der Waals surface area contributed by atoms with Gasteiger partial charge in [-0.05, 0) is 0 Å². The van der Waals surface area contributed by atoms with Gasteiger partial charge in [-0.25, -0.2) is 11.1 Å². The summed E-state index contributed by atoms with van der Waals surface area (Å²) in [6.07, 6.45) is 21.1. The van der Waals surface area contributed by atoms with Crippen molar-refractivity contribution in [3.05, 3.63) is 46.6 Å². The Morgan fingerprint density at radius 1 is 0.783 bits per heavy atom. The van der Waals surface area contributed by atoms with Crippen molar-refractivity contribution < 1.29 is 46.5 Å². The molecule has 0 saturated heterocycles. The fraction of sp³-hybridized carbons (Fsp3) is 0.600. The van der Waals surface area contributed by atoms with Crippen LogP contribution in [0.15, 0.2) is 34.4 Å². The van der Waals surface area contributed by atoms with Gasteiger partial charge in [-0.3, -0.25) is 12.2 Å². The topological polar surface area (TPSA) is 0 Å². The Bertz CT molecular complexity index is 377. The van der Waals surface area contributed by atoms with Gasteiger partial charge >= 0.3 is 21.7 Å². The van der Waals surface area contributed by atoms with Crippen LogP contribution in [0, 0.1) is 12.2 Å². The van der Waals surface area contributed by atoms with Gasteiger partial charge in [-0.1, -0.05) is 66.2 Å². The first-order chi connectivity index (χ1) is 9.69. The number of hydrogen-bond donors (Lipinski definition) is 0. The van der Waals surface area contributed by atoms with Crippen LogP contribution in [0.1, 0.15) is 79.1 Å². The van der Waals surface area contributed by atoms with Gasteiger partial charge in [0.25, 0.3) is 0 Å². The van der Waals surface area contributed by atoms with Gasteiger partial charge in [0.15, 0.2) is 0 Å². The van der Waals surface area contributed by atoms with Crippen LogP contribution in [0.2, 0.25) is 0 Å². The Kier molecular flexibility index (Phi) is 20.9. The van der Waals surface area contributed by atoms with Crippen LogP contribution in [0.25, 0.3) is 0 Å². The maximum absolute atomic E-state index is 3.30. The molecule has 23 heavy (non-hydrogen) atoms. The van der Waals surface area contributed by atoms with E-state index in [0.717, 1.165) is 12.8 Å². The molecule has 0 radical (unpaired) electrons. The second-order valence-corrected chi connectivity index (χ2v) is 5.68. The number of halogens is 2. The summed E-state index contributed by atoms with van der Waals surface area (Å²) in [6, 6.07) is 0. The summed E-state index contributed by atoms with van der Waals surface area (Å²) in [5, 5.41) is 0. The molecule has 2 rings (SSSR count). The Morgan fingerprint density at radius 3 is 1.35 bits per heavy atom. The Balaban J connectivity index is -0.000000308. The molecule has 3 heteroatoms. The standard InChI is InChI=1S/2C10H15.2ClH.Ti/c2*1-3-4-7-10-8-5-6-9(10)2;;;/h2*8H,3-5,7H2,1-2H3;2*1H;/q2*-1;;;+4/p-2. The van der Waals surface area contributed by atoms with Crippen molar-refractivity contribution in [2.24, 2.45) is 0 Å². The maximum Gasteiger partial charge on any atom is 4.00 e. The van der Waals surface area contributed by atoms with E-state index in [1.165, 1.54) is 60.8 Å². The Labute approximate surface area is 171 Å². The zero-order valence-corrected chi connectivity index (χ0v) is 18.1. The molecule has 0 spiro atoms. The number of rotatable bonds is 6. The molecule has 0 N–H and O–H groups in total. The van der Waals surface area contributed by atoms with Gasteiger partial charge in [-0.15, -0.1) is 12.8 Å². The summed E-state index contributed by atoms with van der Waals surface area (Å²) < 4.78 is 0. The summed E-state index contributed by atoms with van der Waals surface area (Å²) in [7, 11) is 0. The first-order valence-electron chi connectivity index (χ1n) is 8.22. The van der Waals surface area contributed by atoms with E-state index in [-0.39, 0.29) is 46.5 Å². The number of allylic oxidation sites excluding steroid dienone is 8. The van der Waals surface area contributed by atoms with Crippen molar-refractivity contribution in [1.29, 1.82) is 0 Å². The molecular weight excluding hydrogens is 359 g/mol. The zero-order chi connectivity index (χ0) is 14.8. The Hall–Kier alpha value is 0.254. The molecule has 0 aliphatic heterocycles. The number of unbranched alkanes of at least 4 members (excludes halogenated alkanes) is 2. The third-order valence-electron chi connectivity index (χ3n) is 3.99. The van der Waals surface area contributed by atoms with Gasteiger partial charge < -0.3 is 24.8 Å². The molecule has 0 amide bonds. The molecule has 0 saturated carbocycles. The molecule has 0 aromatic rings. The molecule has 0 fully saturated rings. The summed E-state index contributed by atoms with van der Waals surface area (Å²) >= 11 is 0. The minimum absolute atomic E-state index is 0. The second kappa shape index (κ2) is 17.1. The molecule has 0 atom stereocenters. The van der Waals surface area contributed by atoms with E-state index in [9.17, 15) is 0 Å². The molecule has 2 aliphatic rings. The van der Waals surface area contributed by atoms with Crippen LogP contribution in [0.5, 0.6) is 0 Å². The first kappa shape index (κ1) is 28.1. The quantitative estimate of drug-likeness (QED) is 0.459. The molecule has 128 valence electrons. The summed E-state index contributed by atoms with van der Waals surface area (Å²) in [4.78, 5) is 0. The molecule has 0 heterocycles. The molecule has 0 nitrogen and oxygen atoms in total. The molecule has 0 aromatic carbocycles. The van der Waals surface area contributed by atoms with E-state index in [1.807, 2.05) is 0 Å². The monoisotopic (exact) mass is 388 g/mol. The predicted molar refractivity (Wildman–Crippen MR) is 89.3 cm³/mol. The second-order valence-electron chi connectivity index (χ2n) is 5.68. The fourth-order valence-corrected chi connectivity index (χ4v) is 2.50. The van der Waals surface area contributed by atoms with Crippen LogP contribution < -0.4 is 24.8 Å². The van der Waals surface area contributed by atoms with Gasteiger partial charge in [0.05, 0.1) is 0 Å². The van der Waals surface area contributed by atoms with Crippen LogP contribution in [0.4, 0.5) is 0 Å². The molecular formula is C20H30Cl2Ti. The largest absolute Gasteiger partial charge is 4.00 e. The van der Waals surface area contributed by atoms with Crippen molar-refractivity contribution in [2.75, 3.05) is 0 Å². The maximum atomic E-state index is 3.30. The molecule has 2 aliphatic carbocycles. The van der Waals surface area contributed by atoms with Gasteiger partial charge in [0.2, 0.25) is 0 Å². The van der Waals surface area contributed by atoms with Crippen LogP contribution in [-0.4, -0.2) is 0 Å². The summed E-state index contributed by atoms with van der Waals surface area (Å²) in [5.74, 6) is 0. The van der Waals surface area contributed by atoms with E-state index < -0.39 is 0 Å². The van der Waals surface area contributed by atoms with E-state index in [4.69, 9.17) is 0 Å². The van der Waals surface area contributed by atoms with Crippen LogP contribution >= 0.6 is 0 Å². The van der Waals surface area contributed by atoms with Gasteiger partial charge in [0.1, 0.15) is 0 Å². The molecule has 0 bridgehead atoms. The first-order valence-corrected chi connectivity index (χ1v) is 8.22. The van der Waals surface area contributed by atoms with E-state index in [0.29, 0.717) is 0 Å². The summed E-state index contributed by atoms with van der Waals surface area (Å²) in [5.41, 5.74) is 5.82. The van der Waals surface area contributed by atoms with Crippen molar-refractivity contribution in [1.82, 2.24) is 0 Å². The third kappa shape index (κ3) is 11.4. The summed E-state index contributed by atoms with van der Waals surface area (Å²) in [6.45, 7) is 8.79. The minimum Gasteiger partial charge on any atom is -1.00 e. The van der Waals surface area contributed by atoms with E-state index in [1.54, 1.807) is 0 Å². The van der Waals surface area contributed by atoms with E-state index >= 15 is 0 Å². The third-order valence-corrected chi connectivity index (χ3v) is 3.99. The normalized spacial score (nSPS) is 14.8. The Morgan fingerprint density at radius 2 is 1.13 bits per heavy atom. The van der Waals surface area contributed by atoms with Gasteiger partial charge in [-0.2, -0.15) is 23.3 Å². The van der Waals surface area contributed by atoms with E-state index in [2.05, 4.69) is 52.0 Å². The minimum atomic E-state index is 0.